The Morgan fingerprint density at radius 1 is 0.611 bits per heavy atom. The van der Waals surface area contributed by atoms with Gasteiger partial charge in [-0.25, -0.2) is 0 Å². The average Bonchev–Trinajstić information content (AvgIpc) is 2.88. The van der Waals surface area contributed by atoms with Crippen LogP contribution in [0.15, 0.2) is 36.4 Å². The lowest BCUT2D eigenvalue weighted by Gasteiger charge is -2.20. The van der Waals surface area contributed by atoms with Gasteiger partial charge in [0.05, 0.1) is 0 Å². The molecule has 0 atom stereocenters. The molecule has 3 rings (SSSR count). The summed E-state index contributed by atoms with van der Waals surface area (Å²) in [6.45, 7) is 13.0. The molecule has 0 aliphatic heterocycles. The zero-order chi connectivity index (χ0) is 26.2. The predicted octanol–water partition coefficient (Wildman–Crippen LogP) is 3.80. The summed E-state index contributed by atoms with van der Waals surface area (Å²) >= 11 is 0. The van der Waals surface area contributed by atoms with E-state index < -0.39 is 0 Å². The summed E-state index contributed by atoms with van der Waals surface area (Å²) < 4.78 is 0. The van der Waals surface area contributed by atoms with Gasteiger partial charge in [0, 0.05) is 59.6 Å². The number of benzene rings is 2. The maximum atomic E-state index is 13.3. The lowest BCUT2D eigenvalue weighted by molar-refractivity contribution is -0.117. The topological polar surface area (TPSA) is 98.8 Å². The third kappa shape index (κ3) is 6.44. The Bertz CT molecular complexity index is 1050. The molecule has 8 nitrogen and oxygen atoms in total. The summed E-state index contributed by atoms with van der Waals surface area (Å²) in [5, 5.41) is 5.67. The first-order chi connectivity index (χ1) is 17.3. The molecule has 0 aromatic heterocycles. The van der Waals surface area contributed by atoms with Crippen molar-refractivity contribution in [1.29, 1.82) is 0 Å². The minimum atomic E-state index is -0.307. The van der Waals surface area contributed by atoms with E-state index in [1.54, 1.807) is 36.4 Å². The number of nitrogens with one attached hydrogen (secondary N) is 2. The molecule has 0 saturated heterocycles. The van der Waals surface area contributed by atoms with Crippen LogP contribution in [0.2, 0.25) is 0 Å². The van der Waals surface area contributed by atoms with E-state index in [0.29, 0.717) is 48.4 Å². The van der Waals surface area contributed by atoms with E-state index in [4.69, 9.17) is 0 Å². The van der Waals surface area contributed by atoms with Gasteiger partial charge in [-0.1, -0.05) is 27.7 Å². The first kappa shape index (κ1) is 27.2. The summed E-state index contributed by atoms with van der Waals surface area (Å²) in [6, 6.07) is 9.58. The monoisotopic (exact) mass is 492 g/mol. The molecular weight excluding hydrogens is 456 g/mol. The van der Waals surface area contributed by atoms with E-state index in [1.807, 2.05) is 0 Å². The van der Waals surface area contributed by atoms with E-state index in [0.717, 1.165) is 26.2 Å². The maximum absolute atomic E-state index is 13.3. The van der Waals surface area contributed by atoms with Crippen molar-refractivity contribution in [1.82, 2.24) is 9.80 Å². The van der Waals surface area contributed by atoms with Gasteiger partial charge in [-0.15, -0.1) is 0 Å². The molecular formula is C28H36N4O4. The second-order valence-electron chi connectivity index (χ2n) is 8.83. The number of anilines is 2. The summed E-state index contributed by atoms with van der Waals surface area (Å²) in [7, 11) is 0. The molecule has 0 fully saturated rings. The van der Waals surface area contributed by atoms with E-state index in [2.05, 4.69) is 48.1 Å². The van der Waals surface area contributed by atoms with Gasteiger partial charge < -0.3 is 20.4 Å². The van der Waals surface area contributed by atoms with Gasteiger partial charge in [-0.3, -0.25) is 19.2 Å². The third-order valence-electron chi connectivity index (χ3n) is 6.68. The van der Waals surface area contributed by atoms with E-state index in [-0.39, 0.29) is 34.5 Å². The van der Waals surface area contributed by atoms with Gasteiger partial charge in [-0.05, 0) is 62.6 Å². The Balaban J connectivity index is 1.73. The minimum Gasteiger partial charge on any atom is -0.326 e. The van der Waals surface area contributed by atoms with Gasteiger partial charge in [0.1, 0.15) is 0 Å². The Morgan fingerprint density at radius 2 is 0.972 bits per heavy atom. The second kappa shape index (κ2) is 12.6. The Morgan fingerprint density at radius 3 is 1.33 bits per heavy atom. The standard InChI is InChI=1S/C28H36N4O4/c1-5-31(6-2)15-13-25(33)29-19-9-11-21-23(17-19)28(36)24-18-20(10-12-22(24)27(21)35)30-26(34)14-16-32(7-3)8-4/h9-12,17-18H,5-8,13-16H2,1-4H3,(H,29,33)(H,30,34). The van der Waals surface area contributed by atoms with Crippen molar-refractivity contribution in [3.8, 4) is 0 Å². The molecule has 0 radical (unpaired) electrons. The highest BCUT2D eigenvalue weighted by Crippen LogP contribution is 2.31. The normalized spacial score (nSPS) is 12.5. The van der Waals surface area contributed by atoms with Gasteiger partial charge in [0.25, 0.3) is 0 Å². The number of fused-ring (bicyclic) bond motifs is 2. The van der Waals surface area contributed by atoms with Crippen LogP contribution in [0, 0.1) is 0 Å². The molecule has 0 spiro atoms. The number of nitrogens with zero attached hydrogens (tertiary/aromatic N) is 2. The van der Waals surface area contributed by atoms with Crippen molar-refractivity contribution in [2.75, 3.05) is 49.9 Å². The van der Waals surface area contributed by atoms with Crippen LogP contribution < -0.4 is 10.6 Å². The molecule has 1 aliphatic carbocycles. The van der Waals surface area contributed by atoms with Gasteiger partial charge in [0.2, 0.25) is 11.8 Å². The third-order valence-corrected chi connectivity index (χ3v) is 6.68. The molecule has 1 aliphatic rings. The molecule has 2 N–H and O–H groups in total. The number of rotatable bonds is 12. The smallest absolute Gasteiger partial charge is 0.225 e. The van der Waals surface area contributed by atoms with E-state index >= 15 is 0 Å². The van der Waals surface area contributed by atoms with Gasteiger partial charge >= 0.3 is 0 Å². The molecule has 0 bridgehead atoms. The zero-order valence-electron chi connectivity index (χ0n) is 21.6. The summed E-state index contributed by atoms with van der Waals surface area (Å²) in [6.07, 6.45) is 0.678. The SMILES string of the molecule is CCN(CC)CCC(=O)Nc1ccc2c(c1)C(=O)c1cc(NC(=O)CCN(CC)CC)ccc1C2=O. The van der Waals surface area contributed by atoms with Gasteiger partial charge in [-0.2, -0.15) is 0 Å². The lowest BCUT2D eigenvalue weighted by atomic mass is 9.83. The molecule has 0 heterocycles. The molecule has 36 heavy (non-hydrogen) atoms. The van der Waals surface area contributed by atoms with Crippen molar-refractivity contribution in [3.63, 3.8) is 0 Å². The largest absolute Gasteiger partial charge is 0.326 e. The molecule has 2 amide bonds. The number of hydrogen-bond donors (Lipinski definition) is 2. The van der Waals surface area contributed by atoms with Gasteiger partial charge in [0.15, 0.2) is 11.6 Å². The highest BCUT2D eigenvalue weighted by atomic mass is 16.2. The highest BCUT2D eigenvalue weighted by Gasteiger charge is 2.30. The number of hydrogen-bond acceptors (Lipinski definition) is 6. The second-order valence-corrected chi connectivity index (χ2v) is 8.83. The van der Waals surface area contributed by atoms with Crippen LogP contribution in [0.4, 0.5) is 11.4 Å². The van der Waals surface area contributed by atoms with Crippen molar-refractivity contribution >= 4 is 34.8 Å². The predicted molar refractivity (Wildman–Crippen MR) is 142 cm³/mol. The summed E-state index contributed by atoms with van der Waals surface area (Å²) in [5.74, 6) is -0.852. The molecule has 0 saturated carbocycles. The van der Waals surface area contributed by atoms with Crippen LogP contribution in [-0.2, 0) is 9.59 Å². The average molecular weight is 493 g/mol. The molecule has 2 aromatic rings. The lowest BCUT2D eigenvalue weighted by Crippen LogP contribution is -2.28. The van der Waals surface area contributed by atoms with Crippen LogP contribution in [0.25, 0.3) is 0 Å². The molecule has 8 heteroatoms. The molecule has 0 unspecified atom stereocenters. The number of carbonyl (C=O) groups excluding carboxylic acids is 4. The van der Waals surface area contributed by atoms with Crippen LogP contribution in [-0.4, -0.2) is 72.4 Å². The quantitative estimate of drug-likeness (QED) is 0.399. The Labute approximate surface area is 213 Å². The van der Waals surface area contributed by atoms with E-state index in [9.17, 15) is 19.2 Å². The fourth-order valence-corrected chi connectivity index (χ4v) is 4.35. The summed E-state index contributed by atoms with van der Waals surface area (Å²) in [5.41, 5.74) is 2.07. The van der Waals surface area contributed by atoms with Crippen molar-refractivity contribution in [2.45, 2.75) is 40.5 Å². The fraction of sp³-hybridized carbons (Fsp3) is 0.429. The maximum Gasteiger partial charge on any atom is 0.225 e. The van der Waals surface area contributed by atoms with Crippen molar-refractivity contribution in [2.24, 2.45) is 0 Å². The fourth-order valence-electron chi connectivity index (χ4n) is 4.35. The first-order valence-corrected chi connectivity index (χ1v) is 12.7. The number of carbonyl (C=O) groups is 4. The van der Waals surface area contributed by atoms with E-state index in [1.165, 1.54) is 0 Å². The van der Waals surface area contributed by atoms with Crippen LogP contribution >= 0.6 is 0 Å². The van der Waals surface area contributed by atoms with Crippen LogP contribution in [0.5, 0.6) is 0 Å². The zero-order valence-corrected chi connectivity index (χ0v) is 21.6. The van der Waals surface area contributed by atoms with Crippen LogP contribution in [0.1, 0.15) is 72.4 Å². The highest BCUT2D eigenvalue weighted by molar-refractivity contribution is 6.29. The Hall–Kier alpha value is -3.36. The minimum absolute atomic E-state index is 0.147. The summed E-state index contributed by atoms with van der Waals surface area (Å²) in [4.78, 5) is 55.5. The molecule has 2 aromatic carbocycles. The van der Waals surface area contributed by atoms with Crippen LogP contribution in [0.3, 0.4) is 0 Å². The molecule has 192 valence electrons. The van der Waals surface area contributed by atoms with Crippen molar-refractivity contribution < 1.29 is 19.2 Å². The Kier molecular flexibility index (Phi) is 9.50. The number of amides is 2. The van der Waals surface area contributed by atoms with Crippen molar-refractivity contribution in [3.05, 3.63) is 58.7 Å². The number of ketones is 2. The first-order valence-electron chi connectivity index (χ1n) is 12.7.